The number of hydrogen-bond donors (Lipinski definition) is 2. The largest absolute Gasteiger partial charge is 0.394 e. The second kappa shape index (κ2) is 9.95. The van der Waals surface area contributed by atoms with E-state index in [1.54, 1.807) is 0 Å². The van der Waals surface area contributed by atoms with Crippen molar-refractivity contribution in [1.82, 2.24) is 0 Å². The van der Waals surface area contributed by atoms with E-state index >= 15 is 0 Å². The fourth-order valence-corrected chi connectivity index (χ4v) is 1.18. The Hall–Kier alpha value is 0.870. The van der Waals surface area contributed by atoms with E-state index in [2.05, 4.69) is 6.92 Å². The van der Waals surface area contributed by atoms with Crippen LogP contribution < -0.4 is 0 Å². The molecule has 0 unspecified atom stereocenters. The van der Waals surface area contributed by atoms with Crippen LogP contribution in [0.2, 0.25) is 3.67 Å². The summed E-state index contributed by atoms with van der Waals surface area (Å²) in [6, 6.07) is 0. The molecule has 4 nitrogen and oxygen atoms in total. The molecule has 70 valence electrons. The molecule has 0 aliphatic carbocycles. The molecule has 0 aromatic rings. The Morgan fingerprint density at radius 3 is 1.83 bits per heavy atom. The normalized spacial score (nSPS) is 10.4. The molecule has 0 aromatic carbocycles. The molecule has 0 bridgehead atoms. The molecular formula is C6H15NaO4S. The van der Waals surface area contributed by atoms with Gasteiger partial charge in [-0.25, -0.2) is 0 Å². The number of hydrogen-bond acceptors (Lipinski definition) is 2. The molecule has 0 aliphatic rings. The quantitative estimate of drug-likeness (QED) is 0.415. The van der Waals surface area contributed by atoms with Crippen LogP contribution in [-0.2, 0) is 10.4 Å². The maximum absolute atomic E-state index is 8.74. The van der Waals surface area contributed by atoms with E-state index in [1.165, 1.54) is 57.3 Å². The molecular weight excluding hydrogens is 191 g/mol. The van der Waals surface area contributed by atoms with Crippen LogP contribution in [-0.4, -0.2) is 45.5 Å². The van der Waals surface area contributed by atoms with E-state index in [9.17, 15) is 0 Å². The van der Waals surface area contributed by atoms with Gasteiger partial charge in [-0.05, 0) is 0 Å². The molecule has 0 amide bonds. The first kappa shape index (κ1) is 15.3. The van der Waals surface area contributed by atoms with Gasteiger partial charge in [-0.3, -0.25) is 9.11 Å². The molecule has 0 radical (unpaired) electrons. The summed E-state index contributed by atoms with van der Waals surface area (Å²) in [5, 5.41) is 0. The summed E-state index contributed by atoms with van der Waals surface area (Å²) >= 11 is 1.41. The standard InChI is InChI=1S/C6H13.Na.H2O4S/c1-3-5-6-4-2;;1-5(2,3)4/h1,3-6H2,2H3;;(H2,1,2,3,4). The smallest absolute Gasteiger partial charge is 0.264 e. The van der Waals surface area contributed by atoms with Crippen molar-refractivity contribution in [3.05, 3.63) is 0 Å². The molecule has 2 N–H and O–H groups in total. The minimum atomic E-state index is -4.67. The zero-order valence-electron chi connectivity index (χ0n) is 7.65. The third-order valence-electron chi connectivity index (χ3n) is 1.21. The SMILES string of the molecule is CCCCC[CH2][Na].O=S(=O)(O)O. The van der Waals surface area contributed by atoms with Gasteiger partial charge in [0.15, 0.2) is 0 Å². The van der Waals surface area contributed by atoms with Crippen molar-refractivity contribution < 1.29 is 17.5 Å². The molecule has 0 rings (SSSR count). The Kier molecular flexibility index (Phi) is 12.7. The maximum Gasteiger partial charge on any atom is 0.394 e. The van der Waals surface area contributed by atoms with Crippen LogP contribution in [0.15, 0.2) is 0 Å². The van der Waals surface area contributed by atoms with E-state index in [1.807, 2.05) is 0 Å². The van der Waals surface area contributed by atoms with Crippen molar-refractivity contribution in [2.45, 2.75) is 36.3 Å². The molecule has 0 fully saturated rings. The molecule has 0 atom stereocenters. The Morgan fingerprint density at radius 1 is 1.17 bits per heavy atom. The van der Waals surface area contributed by atoms with Crippen molar-refractivity contribution in [3.8, 4) is 0 Å². The van der Waals surface area contributed by atoms with Crippen molar-refractivity contribution >= 4 is 38.3 Å². The molecule has 0 aromatic heterocycles. The van der Waals surface area contributed by atoms with Gasteiger partial charge in [0, 0.05) is 0 Å². The summed E-state index contributed by atoms with van der Waals surface area (Å²) in [5.41, 5.74) is 0. The summed E-state index contributed by atoms with van der Waals surface area (Å²) in [6.45, 7) is 2.26. The maximum atomic E-state index is 8.74. The molecule has 0 aliphatic heterocycles. The predicted molar refractivity (Wildman–Crippen MR) is 48.9 cm³/mol. The van der Waals surface area contributed by atoms with E-state index in [-0.39, 0.29) is 0 Å². The van der Waals surface area contributed by atoms with Crippen molar-refractivity contribution in [2.24, 2.45) is 0 Å². The third-order valence-corrected chi connectivity index (χ3v) is 1.91. The van der Waals surface area contributed by atoms with Gasteiger partial charge in [0.05, 0.1) is 0 Å². The second-order valence-electron chi connectivity index (χ2n) is 2.51. The molecule has 6 heteroatoms. The van der Waals surface area contributed by atoms with Gasteiger partial charge in [-0.1, -0.05) is 0 Å². The Labute approximate surface area is 91.7 Å². The first-order valence-corrected chi connectivity index (χ1v) is 6.92. The van der Waals surface area contributed by atoms with Gasteiger partial charge >= 0.3 is 74.6 Å². The molecule has 0 heterocycles. The average Bonchev–Trinajstić information content (AvgIpc) is 1.85. The van der Waals surface area contributed by atoms with Crippen LogP contribution in [0.5, 0.6) is 0 Å². The van der Waals surface area contributed by atoms with Crippen LogP contribution in [0, 0.1) is 0 Å². The minimum absolute atomic E-state index is 1.38. The molecule has 0 saturated carbocycles. The first-order chi connectivity index (χ1) is 5.41. The molecule has 0 spiro atoms. The predicted octanol–water partition coefficient (Wildman–Crippen LogP) is 1.50. The topological polar surface area (TPSA) is 74.6 Å². The van der Waals surface area contributed by atoms with Crippen molar-refractivity contribution in [2.75, 3.05) is 0 Å². The van der Waals surface area contributed by atoms with Crippen molar-refractivity contribution in [3.63, 3.8) is 0 Å². The monoisotopic (exact) mass is 206 g/mol. The van der Waals surface area contributed by atoms with Gasteiger partial charge in [-0.2, -0.15) is 8.42 Å². The van der Waals surface area contributed by atoms with E-state index in [0.29, 0.717) is 0 Å². The summed E-state index contributed by atoms with van der Waals surface area (Å²) in [7, 11) is -4.67. The van der Waals surface area contributed by atoms with Gasteiger partial charge in [0.2, 0.25) is 0 Å². The Balaban J connectivity index is 0. The van der Waals surface area contributed by atoms with E-state index in [0.717, 1.165) is 0 Å². The van der Waals surface area contributed by atoms with Crippen LogP contribution in [0.25, 0.3) is 0 Å². The van der Waals surface area contributed by atoms with E-state index in [4.69, 9.17) is 17.5 Å². The van der Waals surface area contributed by atoms with Gasteiger partial charge < -0.3 is 0 Å². The number of rotatable bonds is 4. The van der Waals surface area contributed by atoms with Crippen LogP contribution >= 0.6 is 0 Å². The molecule has 12 heavy (non-hydrogen) atoms. The second-order valence-corrected chi connectivity index (χ2v) is 4.40. The summed E-state index contributed by atoms with van der Waals surface area (Å²) < 4.78 is 33.1. The zero-order valence-corrected chi connectivity index (χ0v) is 10.5. The van der Waals surface area contributed by atoms with Gasteiger partial charge in [0.1, 0.15) is 0 Å². The Morgan fingerprint density at radius 2 is 1.58 bits per heavy atom. The molecule has 0 saturated heterocycles. The summed E-state index contributed by atoms with van der Waals surface area (Å²) in [4.78, 5) is 0. The zero-order chi connectivity index (χ0) is 10.0. The summed E-state index contributed by atoms with van der Waals surface area (Å²) in [6.07, 6.45) is 5.78. The van der Waals surface area contributed by atoms with Crippen molar-refractivity contribution in [1.29, 1.82) is 0 Å². The summed E-state index contributed by atoms with van der Waals surface area (Å²) in [5.74, 6) is 0. The van der Waals surface area contributed by atoms with E-state index < -0.39 is 10.4 Å². The van der Waals surface area contributed by atoms with Crippen LogP contribution in [0.1, 0.15) is 32.6 Å². The third kappa shape index (κ3) is 44.6. The first-order valence-electron chi connectivity index (χ1n) is 4.11. The van der Waals surface area contributed by atoms with Crippen LogP contribution in [0.4, 0.5) is 0 Å². The minimum Gasteiger partial charge on any atom is -0.264 e. The average molecular weight is 206 g/mol. The number of unbranched alkanes of at least 4 members (excludes halogenated alkanes) is 3. The fourth-order valence-electron chi connectivity index (χ4n) is 0.677. The van der Waals surface area contributed by atoms with Gasteiger partial charge in [-0.15, -0.1) is 0 Å². The Bertz CT molecular complexity index is 154. The fraction of sp³-hybridized carbons (Fsp3) is 1.00. The van der Waals surface area contributed by atoms with Crippen LogP contribution in [0.3, 0.4) is 0 Å². The van der Waals surface area contributed by atoms with Gasteiger partial charge in [0.25, 0.3) is 0 Å².